The molecule has 164 valence electrons. The van der Waals surface area contributed by atoms with E-state index in [0.717, 1.165) is 36.5 Å². The van der Waals surface area contributed by atoms with E-state index >= 15 is 0 Å². The van der Waals surface area contributed by atoms with Crippen molar-refractivity contribution in [2.75, 3.05) is 0 Å². The minimum Gasteiger partial charge on any atom is -0.393 e. The van der Waals surface area contributed by atoms with Crippen LogP contribution in [0.4, 0.5) is 0 Å². The SMILES string of the molecule is C/C(=C/CC1CCC2C3=CCC4CC(O)CCC4(C)C3CCC12C)C(C)C(C)C. The molecule has 29 heavy (non-hydrogen) atoms. The molecule has 4 rings (SSSR count). The first-order valence-corrected chi connectivity index (χ1v) is 12.7. The zero-order chi connectivity index (χ0) is 21.0. The summed E-state index contributed by atoms with van der Waals surface area (Å²) in [5.41, 5.74) is 4.42. The van der Waals surface area contributed by atoms with Gasteiger partial charge in [0.05, 0.1) is 6.10 Å². The van der Waals surface area contributed by atoms with Crippen LogP contribution < -0.4 is 0 Å². The molecule has 1 heteroatoms. The summed E-state index contributed by atoms with van der Waals surface area (Å²) in [6, 6.07) is 0. The normalized spacial score (nSPS) is 46.0. The Kier molecular flexibility index (Phi) is 5.86. The van der Waals surface area contributed by atoms with Crippen LogP contribution in [-0.4, -0.2) is 11.2 Å². The molecule has 0 saturated heterocycles. The van der Waals surface area contributed by atoms with E-state index < -0.39 is 0 Å². The third-order valence-corrected chi connectivity index (χ3v) is 10.7. The van der Waals surface area contributed by atoms with Crippen molar-refractivity contribution >= 4 is 0 Å². The molecule has 4 aliphatic carbocycles. The van der Waals surface area contributed by atoms with E-state index in [1.165, 1.54) is 44.9 Å². The Balaban J connectivity index is 1.52. The third-order valence-electron chi connectivity index (χ3n) is 10.7. The Morgan fingerprint density at radius 1 is 1.07 bits per heavy atom. The molecular formula is C28H46O. The van der Waals surface area contributed by atoms with Crippen LogP contribution >= 0.6 is 0 Å². The van der Waals surface area contributed by atoms with Gasteiger partial charge >= 0.3 is 0 Å². The van der Waals surface area contributed by atoms with Gasteiger partial charge in [-0.1, -0.05) is 57.9 Å². The Labute approximate surface area is 180 Å². The maximum Gasteiger partial charge on any atom is 0.0543 e. The Morgan fingerprint density at radius 2 is 1.76 bits per heavy atom. The van der Waals surface area contributed by atoms with Gasteiger partial charge in [0.2, 0.25) is 0 Å². The number of aliphatic hydroxyl groups excluding tert-OH is 1. The minimum atomic E-state index is -0.0454. The molecule has 3 fully saturated rings. The first-order chi connectivity index (χ1) is 13.7. The minimum absolute atomic E-state index is 0.0454. The van der Waals surface area contributed by atoms with E-state index in [1.807, 2.05) is 5.57 Å². The molecular weight excluding hydrogens is 352 g/mol. The molecule has 0 aromatic carbocycles. The quantitative estimate of drug-likeness (QED) is 0.484. The Bertz CT molecular complexity index is 672. The average Bonchev–Trinajstić information content (AvgIpc) is 3.02. The van der Waals surface area contributed by atoms with Crippen molar-refractivity contribution in [1.82, 2.24) is 0 Å². The molecule has 1 N–H and O–H groups in total. The van der Waals surface area contributed by atoms with Crippen molar-refractivity contribution < 1.29 is 5.11 Å². The zero-order valence-corrected chi connectivity index (χ0v) is 20.0. The fraction of sp³-hybridized carbons (Fsp3) is 0.857. The van der Waals surface area contributed by atoms with Gasteiger partial charge in [-0.05, 0) is 111 Å². The predicted octanol–water partition coefficient (Wildman–Crippen LogP) is 7.55. The van der Waals surface area contributed by atoms with Gasteiger partial charge in [-0.3, -0.25) is 0 Å². The summed E-state index contributed by atoms with van der Waals surface area (Å²) in [5, 5.41) is 10.2. The molecule has 0 radical (unpaired) electrons. The summed E-state index contributed by atoms with van der Waals surface area (Å²) in [7, 11) is 0. The van der Waals surface area contributed by atoms with Crippen LogP contribution in [0, 0.1) is 46.3 Å². The molecule has 3 saturated carbocycles. The number of hydrogen-bond acceptors (Lipinski definition) is 1. The second-order valence-corrected chi connectivity index (χ2v) is 12.2. The van der Waals surface area contributed by atoms with Crippen LogP contribution in [0.2, 0.25) is 0 Å². The lowest BCUT2D eigenvalue weighted by Crippen LogP contribution is -2.49. The van der Waals surface area contributed by atoms with E-state index in [1.54, 1.807) is 5.57 Å². The van der Waals surface area contributed by atoms with Gasteiger partial charge in [0.1, 0.15) is 0 Å². The largest absolute Gasteiger partial charge is 0.393 e. The summed E-state index contributed by atoms with van der Waals surface area (Å²) >= 11 is 0. The first kappa shape index (κ1) is 21.7. The van der Waals surface area contributed by atoms with Crippen LogP contribution in [0.1, 0.15) is 99.3 Å². The highest BCUT2D eigenvalue weighted by Gasteiger charge is 2.57. The van der Waals surface area contributed by atoms with E-state index in [2.05, 4.69) is 53.7 Å². The molecule has 0 heterocycles. The van der Waals surface area contributed by atoms with Crippen molar-refractivity contribution in [1.29, 1.82) is 0 Å². The van der Waals surface area contributed by atoms with Crippen LogP contribution in [0.15, 0.2) is 23.3 Å². The fourth-order valence-electron chi connectivity index (χ4n) is 8.02. The summed E-state index contributed by atoms with van der Waals surface area (Å²) in [6.45, 7) is 14.7. The van der Waals surface area contributed by atoms with Crippen molar-refractivity contribution in [3.8, 4) is 0 Å². The summed E-state index contributed by atoms with van der Waals surface area (Å²) in [4.78, 5) is 0. The number of rotatable bonds is 4. The highest BCUT2D eigenvalue weighted by Crippen LogP contribution is 2.66. The standard InChI is InChI=1S/C28H46O/c1-18(2)20(4)19(3)7-8-21-10-12-25-24-11-9-22-17-23(29)13-15-28(22,6)26(24)14-16-27(21,25)5/h7,11,18,20-23,25-26,29H,8-10,12-17H2,1-6H3/b19-7-. The van der Waals surface area contributed by atoms with Crippen LogP contribution in [0.5, 0.6) is 0 Å². The lowest BCUT2D eigenvalue weighted by atomic mass is 9.48. The van der Waals surface area contributed by atoms with Gasteiger partial charge in [0.25, 0.3) is 0 Å². The van der Waals surface area contributed by atoms with Gasteiger partial charge in [-0.15, -0.1) is 0 Å². The summed E-state index contributed by atoms with van der Waals surface area (Å²) in [5.74, 6) is 4.64. The predicted molar refractivity (Wildman–Crippen MR) is 124 cm³/mol. The molecule has 0 spiro atoms. The molecule has 0 amide bonds. The first-order valence-electron chi connectivity index (χ1n) is 12.7. The van der Waals surface area contributed by atoms with Crippen LogP contribution in [0.25, 0.3) is 0 Å². The molecule has 0 aliphatic heterocycles. The molecule has 1 nitrogen and oxygen atoms in total. The second-order valence-electron chi connectivity index (χ2n) is 12.2. The third kappa shape index (κ3) is 3.58. The molecule has 0 aromatic heterocycles. The van der Waals surface area contributed by atoms with Crippen molar-refractivity contribution in [3.63, 3.8) is 0 Å². The van der Waals surface area contributed by atoms with Crippen molar-refractivity contribution in [2.45, 2.75) is 105 Å². The summed E-state index contributed by atoms with van der Waals surface area (Å²) in [6.07, 6.45) is 16.7. The molecule has 4 aliphatic rings. The van der Waals surface area contributed by atoms with E-state index in [0.29, 0.717) is 22.7 Å². The fourth-order valence-corrected chi connectivity index (χ4v) is 8.02. The highest BCUT2D eigenvalue weighted by molar-refractivity contribution is 5.28. The van der Waals surface area contributed by atoms with Crippen molar-refractivity contribution in [2.24, 2.45) is 46.3 Å². The topological polar surface area (TPSA) is 20.2 Å². The monoisotopic (exact) mass is 398 g/mol. The van der Waals surface area contributed by atoms with Crippen molar-refractivity contribution in [3.05, 3.63) is 23.3 Å². The second kappa shape index (κ2) is 7.85. The van der Waals surface area contributed by atoms with Gasteiger partial charge in [-0.25, -0.2) is 0 Å². The Morgan fingerprint density at radius 3 is 2.48 bits per heavy atom. The van der Waals surface area contributed by atoms with Gasteiger partial charge in [0, 0.05) is 0 Å². The van der Waals surface area contributed by atoms with E-state index in [4.69, 9.17) is 0 Å². The van der Waals surface area contributed by atoms with Gasteiger partial charge < -0.3 is 5.11 Å². The zero-order valence-electron chi connectivity index (χ0n) is 20.0. The maximum absolute atomic E-state index is 10.2. The number of aliphatic hydroxyl groups is 1. The number of fused-ring (bicyclic) bond motifs is 5. The van der Waals surface area contributed by atoms with Crippen LogP contribution in [0.3, 0.4) is 0 Å². The molecule has 0 aromatic rings. The van der Waals surface area contributed by atoms with Gasteiger partial charge in [0.15, 0.2) is 0 Å². The maximum atomic E-state index is 10.2. The molecule has 8 unspecified atom stereocenters. The average molecular weight is 399 g/mol. The van der Waals surface area contributed by atoms with Gasteiger partial charge in [-0.2, -0.15) is 0 Å². The summed E-state index contributed by atoms with van der Waals surface area (Å²) < 4.78 is 0. The highest BCUT2D eigenvalue weighted by atomic mass is 16.3. The van der Waals surface area contributed by atoms with Crippen LogP contribution in [-0.2, 0) is 0 Å². The molecule has 0 bridgehead atoms. The van der Waals surface area contributed by atoms with E-state index in [9.17, 15) is 5.11 Å². The molecule has 8 atom stereocenters. The van der Waals surface area contributed by atoms with E-state index in [-0.39, 0.29) is 6.10 Å². The number of allylic oxidation sites excluding steroid dienone is 4. The number of hydrogen-bond donors (Lipinski definition) is 1. The Hall–Kier alpha value is -0.560. The lowest BCUT2D eigenvalue weighted by Gasteiger charge is -2.57. The lowest BCUT2D eigenvalue weighted by molar-refractivity contribution is -0.0397. The smallest absolute Gasteiger partial charge is 0.0543 e.